The second kappa shape index (κ2) is 8.87. The van der Waals surface area contributed by atoms with Crippen LogP contribution in [0.5, 0.6) is 11.5 Å². The van der Waals surface area contributed by atoms with Crippen molar-refractivity contribution in [3.63, 3.8) is 0 Å². The number of thiophene rings is 2. The number of hydrogen-bond donors (Lipinski definition) is 1. The summed E-state index contributed by atoms with van der Waals surface area (Å²) >= 11 is 9.50. The highest BCUT2D eigenvalue weighted by atomic mass is 35.5. The molecule has 0 aliphatic carbocycles. The molecule has 4 aromatic rings. The molecule has 0 amide bonds. The number of aromatic nitrogens is 2. The molecule has 5 nitrogen and oxygen atoms in total. The van der Waals surface area contributed by atoms with Crippen LogP contribution in [0.15, 0.2) is 58.5 Å². The molecule has 0 atom stereocenters. The summed E-state index contributed by atoms with van der Waals surface area (Å²) in [5.74, 6) is 1.50. The van der Waals surface area contributed by atoms with Crippen LogP contribution < -0.4 is 15.0 Å². The predicted octanol–water partition coefficient (Wildman–Crippen LogP) is 6.02. The van der Waals surface area contributed by atoms with E-state index >= 15 is 0 Å². The summed E-state index contributed by atoms with van der Waals surface area (Å²) in [5.41, 5.74) is 1.47. The van der Waals surface area contributed by atoms with Crippen molar-refractivity contribution in [2.75, 3.05) is 13.7 Å². The number of fused-ring (bicyclic) bond motifs is 1. The molecule has 0 saturated heterocycles. The molecule has 4 rings (SSSR count). The number of rotatable bonds is 7. The normalized spacial score (nSPS) is 11.6. The van der Waals surface area contributed by atoms with Crippen molar-refractivity contribution in [1.82, 2.24) is 9.97 Å². The summed E-state index contributed by atoms with van der Waals surface area (Å²) < 4.78 is 10.9. The number of ether oxygens (including phenoxy) is 2. The first-order chi connectivity index (χ1) is 14.6. The molecule has 1 N–H and O–H groups in total. The van der Waals surface area contributed by atoms with Crippen LogP contribution in [0.3, 0.4) is 0 Å². The number of benzene rings is 1. The molecule has 0 aliphatic heterocycles. The van der Waals surface area contributed by atoms with Crippen LogP contribution in [0.25, 0.3) is 31.8 Å². The molecular formula is C22H17ClN2O3S2. The van der Waals surface area contributed by atoms with Gasteiger partial charge in [0.05, 0.1) is 17.5 Å². The zero-order valence-electron chi connectivity index (χ0n) is 16.0. The van der Waals surface area contributed by atoms with Gasteiger partial charge in [-0.25, -0.2) is 4.98 Å². The van der Waals surface area contributed by atoms with E-state index in [9.17, 15) is 4.79 Å². The molecule has 0 aliphatic rings. The lowest BCUT2D eigenvalue weighted by Crippen LogP contribution is -2.10. The van der Waals surface area contributed by atoms with Crippen LogP contribution in [0.2, 0.25) is 0 Å². The predicted molar refractivity (Wildman–Crippen MR) is 126 cm³/mol. The van der Waals surface area contributed by atoms with Gasteiger partial charge in [0.1, 0.15) is 11.4 Å². The minimum atomic E-state index is -0.211. The van der Waals surface area contributed by atoms with E-state index in [1.165, 1.54) is 11.3 Å². The summed E-state index contributed by atoms with van der Waals surface area (Å²) in [4.78, 5) is 21.8. The Morgan fingerprint density at radius 1 is 1.30 bits per heavy atom. The van der Waals surface area contributed by atoms with Crippen LogP contribution in [0.1, 0.15) is 11.4 Å². The third kappa shape index (κ3) is 4.05. The molecule has 0 unspecified atom stereocenters. The Morgan fingerprint density at radius 3 is 2.90 bits per heavy atom. The average molecular weight is 457 g/mol. The highest BCUT2D eigenvalue weighted by molar-refractivity contribution is 7.18. The Labute approximate surface area is 185 Å². The minimum Gasteiger partial charge on any atom is -0.493 e. The first kappa shape index (κ1) is 20.4. The first-order valence-electron chi connectivity index (χ1n) is 8.95. The van der Waals surface area contributed by atoms with Gasteiger partial charge in [-0.05, 0) is 35.2 Å². The van der Waals surface area contributed by atoms with Crippen molar-refractivity contribution < 1.29 is 9.47 Å². The summed E-state index contributed by atoms with van der Waals surface area (Å²) in [7, 11) is 1.57. The minimum absolute atomic E-state index is 0.211. The Balaban J connectivity index is 1.69. The number of halogens is 1. The zero-order chi connectivity index (χ0) is 21.1. The number of nitrogens with zero attached hydrogens (tertiary/aromatic N) is 1. The fourth-order valence-corrected chi connectivity index (χ4v) is 4.91. The maximum Gasteiger partial charge on any atom is 0.260 e. The van der Waals surface area contributed by atoms with Crippen LogP contribution in [-0.4, -0.2) is 23.7 Å². The third-order valence-corrected chi connectivity index (χ3v) is 6.36. The van der Waals surface area contributed by atoms with Gasteiger partial charge in [-0.3, -0.25) is 4.79 Å². The average Bonchev–Trinajstić information content (AvgIpc) is 3.42. The molecule has 0 spiro atoms. The van der Waals surface area contributed by atoms with Gasteiger partial charge in [-0.2, -0.15) is 0 Å². The lowest BCUT2D eigenvalue weighted by molar-refractivity contribution is 0.326. The first-order valence-corrected chi connectivity index (χ1v) is 11.1. The van der Waals surface area contributed by atoms with E-state index in [-0.39, 0.29) is 5.56 Å². The lowest BCUT2D eigenvalue weighted by Gasteiger charge is -2.10. The summed E-state index contributed by atoms with van der Waals surface area (Å²) in [6.07, 6.45) is 3.38. The van der Waals surface area contributed by atoms with Crippen molar-refractivity contribution in [3.05, 3.63) is 75.5 Å². The largest absolute Gasteiger partial charge is 0.493 e. The van der Waals surface area contributed by atoms with Gasteiger partial charge in [0.25, 0.3) is 5.56 Å². The summed E-state index contributed by atoms with van der Waals surface area (Å²) in [6, 6.07) is 9.39. The van der Waals surface area contributed by atoms with Crippen molar-refractivity contribution in [2.24, 2.45) is 0 Å². The quantitative estimate of drug-likeness (QED) is 0.345. The molecule has 0 bridgehead atoms. The van der Waals surface area contributed by atoms with E-state index < -0.39 is 0 Å². The van der Waals surface area contributed by atoms with Crippen molar-refractivity contribution in [2.45, 2.75) is 0 Å². The van der Waals surface area contributed by atoms with Gasteiger partial charge in [-0.1, -0.05) is 36.4 Å². The fraction of sp³-hybridized carbons (Fsp3) is 0.0909. The smallest absolute Gasteiger partial charge is 0.260 e. The van der Waals surface area contributed by atoms with Gasteiger partial charge in [0, 0.05) is 15.8 Å². The Bertz CT molecular complexity index is 1290. The van der Waals surface area contributed by atoms with E-state index in [1.807, 2.05) is 29.0 Å². The maximum atomic E-state index is 12.8. The Kier molecular flexibility index (Phi) is 6.03. The monoisotopic (exact) mass is 456 g/mol. The van der Waals surface area contributed by atoms with Crippen LogP contribution in [-0.2, 0) is 0 Å². The van der Waals surface area contributed by atoms with Crippen LogP contribution in [0, 0.1) is 0 Å². The van der Waals surface area contributed by atoms with Gasteiger partial charge in [-0.15, -0.1) is 22.7 Å². The molecule has 8 heteroatoms. The Morgan fingerprint density at radius 2 is 2.17 bits per heavy atom. The van der Waals surface area contributed by atoms with Gasteiger partial charge in [0.15, 0.2) is 17.3 Å². The third-order valence-electron chi connectivity index (χ3n) is 4.29. The number of hydrogen-bond acceptors (Lipinski definition) is 6. The van der Waals surface area contributed by atoms with Crippen molar-refractivity contribution in [3.8, 4) is 21.9 Å². The molecule has 3 heterocycles. The highest BCUT2D eigenvalue weighted by Gasteiger charge is 2.15. The number of methoxy groups -OCH3 is 1. The van der Waals surface area contributed by atoms with E-state index in [4.69, 9.17) is 21.1 Å². The molecule has 3 aromatic heterocycles. The molecule has 152 valence electrons. The highest BCUT2D eigenvalue weighted by Crippen LogP contribution is 2.34. The molecule has 0 saturated carbocycles. The van der Waals surface area contributed by atoms with Crippen LogP contribution in [0.4, 0.5) is 0 Å². The standard InChI is InChI=1S/C22H17ClN2O3S2/c1-3-8-28-16-7-6-13(11-17(16)27-2)10-15(23)20-24-21(26)19-14(12-30-22(19)25-20)18-5-4-9-29-18/h3-7,9-12H,1,8H2,2H3,(H,24,25,26)/b15-10-. The van der Waals surface area contributed by atoms with E-state index in [1.54, 1.807) is 42.7 Å². The van der Waals surface area contributed by atoms with E-state index in [0.29, 0.717) is 39.2 Å². The summed E-state index contributed by atoms with van der Waals surface area (Å²) in [6.45, 7) is 4.02. The summed E-state index contributed by atoms with van der Waals surface area (Å²) in [5, 5.41) is 4.84. The number of aromatic amines is 1. The number of H-pyrrole nitrogens is 1. The molecule has 30 heavy (non-hydrogen) atoms. The van der Waals surface area contributed by atoms with Crippen molar-refractivity contribution in [1.29, 1.82) is 0 Å². The van der Waals surface area contributed by atoms with Gasteiger partial charge in [0.2, 0.25) is 0 Å². The van der Waals surface area contributed by atoms with E-state index in [2.05, 4.69) is 16.5 Å². The SMILES string of the molecule is C=CCOc1ccc(/C=C(\Cl)c2nc3scc(-c4cccs4)c3c(=O)[nH]2)cc1OC. The topological polar surface area (TPSA) is 64.2 Å². The Hall–Kier alpha value is -2.87. The van der Waals surface area contributed by atoms with Gasteiger partial charge >= 0.3 is 0 Å². The molecule has 0 fully saturated rings. The fourth-order valence-electron chi connectivity index (χ4n) is 2.93. The van der Waals surface area contributed by atoms with Gasteiger partial charge < -0.3 is 14.5 Å². The molecule has 1 aromatic carbocycles. The maximum absolute atomic E-state index is 12.8. The number of nitrogens with one attached hydrogen (secondary N) is 1. The van der Waals surface area contributed by atoms with Crippen molar-refractivity contribution >= 4 is 55.6 Å². The molecular weight excluding hydrogens is 440 g/mol. The second-order valence-corrected chi connectivity index (χ2v) is 8.44. The zero-order valence-corrected chi connectivity index (χ0v) is 18.4. The van der Waals surface area contributed by atoms with E-state index in [0.717, 1.165) is 16.0 Å². The second-order valence-electron chi connectivity index (χ2n) is 6.22. The van der Waals surface area contributed by atoms with Crippen LogP contribution >= 0.6 is 34.3 Å². The lowest BCUT2D eigenvalue weighted by atomic mass is 10.2. The molecule has 0 radical (unpaired) electrons.